The summed E-state index contributed by atoms with van der Waals surface area (Å²) in [4.78, 5) is 12.1. The van der Waals surface area contributed by atoms with Gasteiger partial charge < -0.3 is 9.88 Å². The van der Waals surface area contributed by atoms with E-state index in [9.17, 15) is 13.2 Å². The van der Waals surface area contributed by atoms with Crippen LogP contribution in [0.3, 0.4) is 0 Å². The van der Waals surface area contributed by atoms with Crippen LogP contribution in [0.15, 0.2) is 17.2 Å². The number of amides is 1. The SMILES string of the molecule is Cn1cc(S(N)(=O)=O)cc1C(=O)NCC1C(C)(C)C1(C)C. The predicted octanol–water partition coefficient (Wildman–Crippen LogP) is 1.08. The van der Waals surface area contributed by atoms with Gasteiger partial charge in [0.25, 0.3) is 5.91 Å². The molecule has 2 rings (SSSR count). The summed E-state index contributed by atoms with van der Waals surface area (Å²) >= 11 is 0. The third kappa shape index (κ3) is 2.60. The predicted molar refractivity (Wildman–Crippen MR) is 80.2 cm³/mol. The Morgan fingerprint density at radius 3 is 2.24 bits per heavy atom. The van der Waals surface area contributed by atoms with E-state index in [4.69, 9.17) is 5.14 Å². The molecule has 1 aliphatic carbocycles. The van der Waals surface area contributed by atoms with Crippen LogP contribution in [0.5, 0.6) is 0 Å². The molecule has 0 radical (unpaired) electrons. The first-order chi connectivity index (χ1) is 9.39. The summed E-state index contributed by atoms with van der Waals surface area (Å²) < 4.78 is 24.1. The normalized spacial score (nSPS) is 20.3. The zero-order chi connectivity index (χ0) is 16.2. The number of sulfonamides is 1. The number of rotatable bonds is 4. The van der Waals surface area contributed by atoms with E-state index in [1.807, 2.05) is 0 Å². The second-order valence-electron chi connectivity index (χ2n) is 6.92. The highest BCUT2D eigenvalue weighted by Crippen LogP contribution is 2.67. The van der Waals surface area contributed by atoms with Gasteiger partial charge in [-0.15, -0.1) is 0 Å². The molecule has 118 valence electrons. The Hall–Kier alpha value is -1.34. The number of aryl methyl sites for hydroxylation is 1. The van der Waals surface area contributed by atoms with Gasteiger partial charge in [-0.3, -0.25) is 4.79 Å². The Kier molecular flexibility index (Phi) is 3.50. The van der Waals surface area contributed by atoms with Crippen LogP contribution in [0, 0.1) is 16.7 Å². The van der Waals surface area contributed by atoms with Crippen LogP contribution in [-0.4, -0.2) is 25.4 Å². The van der Waals surface area contributed by atoms with E-state index in [0.29, 0.717) is 12.5 Å². The fourth-order valence-corrected chi connectivity index (χ4v) is 3.63. The van der Waals surface area contributed by atoms with E-state index in [2.05, 4.69) is 33.0 Å². The van der Waals surface area contributed by atoms with Crippen molar-refractivity contribution in [3.63, 3.8) is 0 Å². The molecule has 1 saturated carbocycles. The monoisotopic (exact) mass is 313 g/mol. The van der Waals surface area contributed by atoms with Crippen molar-refractivity contribution < 1.29 is 13.2 Å². The van der Waals surface area contributed by atoms with Crippen molar-refractivity contribution >= 4 is 15.9 Å². The molecule has 0 atom stereocenters. The maximum atomic E-state index is 12.2. The maximum Gasteiger partial charge on any atom is 0.267 e. The van der Waals surface area contributed by atoms with Crippen molar-refractivity contribution in [1.82, 2.24) is 9.88 Å². The van der Waals surface area contributed by atoms with Crippen LogP contribution in [-0.2, 0) is 17.1 Å². The lowest BCUT2D eigenvalue weighted by molar-refractivity contribution is 0.0941. The lowest BCUT2D eigenvalue weighted by Gasteiger charge is -2.07. The summed E-state index contributed by atoms with van der Waals surface area (Å²) in [5.41, 5.74) is 0.677. The van der Waals surface area contributed by atoms with Crippen LogP contribution >= 0.6 is 0 Å². The number of hydrogen-bond acceptors (Lipinski definition) is 3. The van der Waals surface area contributed by atoms with Crippen LogP contribution < -0.4 is 10.5 Å². The molecule has 0 unspecified atom stereocenters. The number of hydrogen-bond donors (Lipinski definition) is 2. The number of aromatic nitrogens is 1. The topological polar surface area (TPSA) is 94.2 Å². The molecule has 7 heteroatoms. The van der Waals surface area contributed by atoms with E-state index in [0.717, 1.165) is 0 Å². The summed E-state index contributed by atoms with van der Waals surface area (Å²) in [7, 11) is -2.18. The maximum absolute atomic E-state index is 12.2. The third-order valence-corrected chi connectivity index (χ3v) is 6.21. The molecule has 1 fully saturated rings. The van der Waals surface area contributed by atoms with Gasteiger partial charge in [0, 0.05) is 19.8 Å². The molecule has 1 heterocycles. The van der Waals surface area contributed by atoms with Crippen molar-refractivity contribution in [2.24, 2.45) is 28.9 Å². The van der Waals surface area contributed by atoms with Crippen LogP contribution in [0.4, 0.5) is 0 Å². The zero-order valence-corrected chi connectivity index (χ0v) is 13.9. The molecule has 6 nitrogen and oxygen atoms in total. The molecule has 1 aromatic heterocycles. The van der Waals surface area contributed by atoms with Crippen molar-refractivity contribution in [3.05, 3.63) is 18.0 Å². The van der Waals surface area contributed by atoms with E-state index in [1.54, 1.807) is 7.05 Å². The average Bonchev–Trinajstić information content (AvgIpc) is 2.63. The molecule has 1 amide bonds. The minimum atomic E-state index is -3.79. The molecule has 0 aromatic carbocycles. The fourth-order valence-electron chi connectivity index (χ4n) is 3.04. The molecule has 1 aliphatic rings. The lowest BCUT2D eigenvalue weighted by Crippen LogP contribution is -2.28. The molecular formula is C14H23N3O3S. The van der Waals surface area contributed by atoms with Gasteiger partial charge in [0.05, 0.1) is 0 Å². The molecule has 0 aliphatic heterocycles. The fraction of sp³-hybridized carbons (Fsp3) is 0.643. The molecule has 1 aromatic rings. The standard InChI is InChI=1S/C14H23N3O3S/c1-13(2)11(14(13,3)4)7-16-12(18)10-6-9(8-17(10)5)21(15,19)20/h6,8,11H,7H2,1-5H3,(H,16,18)(H2,15,19,20). The highest BCUT2D eigenvalue weighted by molar-refractivity contribution is 7.89. The summed E-state index contributed by atoms with van der Waals surface area (Å²) in [5, 5.41) is 7.95. The summed E-state index contributed by atoms with van der Waals surface area (Å²) in [6.07, 6.45) is 1.34. The Morgan fingerprint density at radius 2 is 1.86 bits per heavy atom. The van der Waals surface area contributed by atoms with Gasteiger partial charge >= 0.3 is 0 Å². The average molecular weight is 313 g/mol. The first kappa shape index (κ1) is 16.0. The third-order valence-electron chi connectivity index (χ3n) is 5.33. The Labute approximate surface area is 125 Å². The van der Waals surface area contributed by atoms with Crippen molar-refractivity contribution in [3.8, 4) is 0 Å². The summed E-state index contributed by atoms with van der Waals surface area (Å²) in [6.45, 7) is 9.32. The summed E-state index contributed by atoms with van der Waals surface area (Å²) in [6, 6.07) is 1.30. The van der Waals surface area contributed by atoms with Gasteiger partial charge in [-0.05, 0) is 22.8 Å². The molecule has 3 N–H and O–H groups in total. The van der Waals surface area contributed by atoms with Gasteiger partial charge in [0.15, 0.2) is 0 Å². The number of primary sulfonamides is 1. The van der Waals surface area contributed by atoms with Crippen molar-refractivity contribution in [2.45, 2.75) is 32.6 Å². The quantitative estimate of drug-likeness (QED) is 0.871. The zero-order valence-electron chi connectivity index (χ0n) is 13.1. The minimum absolute atomic E-state index is 0.0535. The summed E-state index contributed by atoms with van der Waals surface area (Å²) in [5.74, 6) is 0.123. The number of nitrogens with one attached hydrogen (secondary N) is 1. The van der Waals surface area contributed by atoms with E-state index in [1.165, 1.54) is 16.8 Å². The Morgan fingerprint density at radius 1 is 1.33 bits per heavy atom. The van der Waals surface area contributed by atoms with Gasteiger partial charge in [-0.1, -0.05) is 27.7 Å². The molecule has 0 bridgehead atoms. The molecular weight excluding hydrogens is 290 g/mol. The number of nitrogens with two attached hydrogens (primary N) is 1. The van der Waals surface area contributed by atoms with Crippen LogP contribution in [0.25, 0.3) is 0 Å². The largest absolute Gasteiger partial charge is 0.350 e. The number of nitrogens with zero attached hydrogens (tertiary/aromatic N) is 1. The van der Waals surface area contributed by atoms with Gasteiger partial charge in [-0.2, -0.15) is 0 Å². The van der Waals surface area contributed by atoms with Crippen LogP contribution in [0.2, 0.25) is 0 Å². The van der Waals surface area contributed by atoms with E-state index < -0.39 is 10.0 Å². The van der Waals surface area contributed by atoms with Crippen LogP contribution in [0.1, 0.15) is 38.2 Å². The molecule has 0 spiro atoms. The number of carbonyl (C=O) groups excluding carboxylic acids is 1. The van der Waals surface area contributed by atoms with E-state index >= 15 is 0 Å². The lowest BCUT2D eigenvalue weighted by atomic mass is 10.0. The highest BCUT2D eigenvalue weighted by atomic mass is 32.2. The second-order valence-corrected chi connectivity index (χ2v) is 8.48. The molecule has 0 saturated heterocycles. The Bertz CT molecular complexity index is 672. The highest BCUT2D eigenvalue weighted by Gasteiger charge is 2.64. The second kappa shape index (κ2) is 4.58. The molecule has 21 heavy (non-hydrogen) atoms. The Balaban J connectivity index is 2.08. The first-order valence-corrected chi connectivity index (χ1v) is 8.41. The van der Waals surface area contributed by atoms with E-state index in [-0.39, 0.29) is 27.3 Å². The van der Waals surface area contributed by atoms with Gasteiger partial charge in [0.1, 0.15) is 10.6 Å². The van der Waals surface area contributed by atoms with Crippen molar-refractivity contribution in [1.29, 1.82) is 0 Å². The van der Waals surface area contributed by atoms with Gasteiger partial charge in [0.2, 0.25) is 10.0 Å². The smallest absolute Gasteiger partial charge is 0.267 e. The number of carbonyl (C=O) groups is 1. The first-order valence-electron chi connectivity index (χ1n) is 6.86. The van der Waals surface area contributed by atoms with Crippen molar-refractivity contribution in [2.75, 3.05) is 6.54 Å². The van der Waals surface area contributed by atoms with Gasteiger partial charge in [-0.25, -0.2) is 13.6 Å². The minimum Gasteiger partial charge on any atom is -0.350 e.